The van der Waals surface area contributed by atoms with Crippen LogP contribution in [-0.2, 0) is 9.59 Å². The van der Waals surface area contributed by atoms with Gasteiger partial charge in [-0.3, -0.25) is 25.2 Å². The number of carbonyl (C=O) groups excluding carboxylic acids is 3. The normalized spacial score (nSPS) is 19.2. The van der Waals surface area contributed by atoms with Crippen molar-refractivity contribution in [3.05, 3.63) is 96.1 Å². The molecule has 2 heterocycles. The maximum Gasteiger partial charge on any atom is 0.328 e. The van der Waals surface area contributed by atoms with Gasteiger partial charge in [-0.25, -0.2) is 4.79 Å². The fourth-order valence-electron chi connectivity index (χ4n) is 4.40. The number of benzene rings is 3. The lowest BCUT2D eigenvalue weighted by atomic mass is 9.69. The summed E-state index contributed by atoms with van der Waals surface area (Å²) in [5.41, 5.74) is 0.416. The molecule has 1 saturated heterocycles. The molecule has 1 fully saturated rings. The summed E-state index contributed by atoms with van der Waals surface area (Å²) in [7, 11) is 1.56. The molecule has 2 aliphatic heterocycles. The van der Waals surface area contributed by atoms with Crippen LogP contribution in [0, 0.1) is 5.41 Å². The molecule has 8 heteroatoms. The molecule has 2 N–H and O–H groups in total. The number of imide groups is 2. The van der Waals surface area contributed by atoms with E-state index < -0.39 is 29.3 Å². The Morgan fingerprint density at radius 2 is 1.39 bits per heavy atom. The highest BCUT2D eigenvalue weighted by Crippen LogP contribution is 2.50. The fraction of sp³-hybridized carbons (Fsp3) is 0.120. The zero-order valence-electron chi connectivity index (χ0n) is 17.7. The summed E-state index contributed by atoms with van der Waals surface area (Å²) < 4.78 is 5.28. The molecule has 0 radical (unpaired) electrons. The van der Waals surface area contributed by atoms with Crippen LogP contribution < -0.4 is 20.4 Å². The lowest BCUT2D eigenvalue weighted by Gasteiger charge is -2.38. The summed E-state index contributed by atoms with van der Waals surface area (Å²) in [4.78, 5) is 39.2. The number of hydrogen-bond acceptors (Lipinski definition) is 6. The van der Waals surface area contributed by atoms with E-state index in [1.165, 1.54) is 0 Å². The van der Waals surface area contributed by atoms with Crippen molar-refractivity contribution < 1.29 is 19.1 Å². The van der Waals surface area contributed by atoms with E-state index in [0.29, 0.717) is 22.6 Å². The highest BCUT2D eigenvalue weighted by molar-refractivity contribution is 6.36. The fourth-order valence-corrected chi connectivity index (χ4v) is 4.40. The molecule has 3 aromatic rings. The second-order valence-electron chi connectivity index (χ2n) is 7.72. The molecule has 1 unspecified atom stereocenters. The van der Waals surface area contributed by atoms with Crippen LogP contribution >= 0.6 is 0 Å². The van der Waals surface area contributed by atoms with Crippen LogP contribution in [0.25, 0.3) is 0 Å². The largest absolute Gasteiger partial charge is 0.497 e. The van der Waals surface area contributed by atoms with E-state index in [1.807, 2.05) is 48.5 Å². The monoisotopic (exact) mass is 440 g/mol. The first-order valence-corrected chi connectivity index (χ1v) is 10.4. The SMILES string of the molecule is COc1ccc(C2N(c3ccccc3)N=C(c3ccccc3)C23C(=O)NC(=O)NC3=O)cc1. The average Bonchev–Trinajstić information content (AvgIpc) is 3.21. The van der Waals surface area contributed by atoms with Crippen molar-refractivity contribution in [1.82, 2.24) is 10.6 Å². The van der Waals surface area contributed by atoms with Crippen LogP contribution in [0.5, 0.6) is 5.75 Å². The third-order valence-corrected chi connectivity index (χ3v) is 5.91. The number of carbonyl (C=O) groups is 3. The molecular formula is C25H20N4O4. The number of methoxy groups -OCH3 is 1. The summed E-state index contributed by atoms with van der Waals surface area (Å²) in [5, 5.41) is 11.1. The second kappa shape index (κ2) is 7.90. The summed E-state index contributed by atoms with van der Waals surface area (Å²) in [6, 6.07) is 23.7. The minimum absolute atomic E-state index is 0.260. The molecule has 0 aliphatic carbocycles. The summed E-state index contributed by atoms with van der Waals surface area (Å²) in [6.07, 6.45) is 0. The van der Waals surface area contributed by atoms with Gasteiger partial charge in [-0.2, -0.15) is 5.10 Å². The summed E-state index contributed by atoms with van der Waals surface area (Å²) >= 11 is 0. The number of hydrazone groups is 1. The molecule has 33 heavy (non-hydrogen) atoms. The van der Waals surface area contributed by atoms with Crippen molar-refractivity contribution in [1.29, 1.82) is 0 Å². The van der Waals surface area contributed by atoms with Crippen molar-refractivity contribution in [2.24, 2.45) is 10.5 Å². The highest BCUT2D eigenvalue weighted by Gasteiger charge is 2.65. The molecular weight excluding hydrogens is 420 g/mol. The Hall–Kier alpha value is -4.46. The van der Waals surface area contributed by atoms with Crippen LogP contribution in [0.15, 0.2) is 90.0 Å². The molecule has 2 aliphatic rings. The summed E-state index contributed by atoms with van der Waals surface area (Å²) in [6.45, 7) is 0. The minimum atomic E-state index is -1.81. The molecule has 8 nitrogen and oxygen atoms in total. The van der Waals surface area contributed by atoms with Crippen LogP contribution in [0.1, 0.15) is 17.2 Å². The van der Waals surface area contributed by atoms with Crippen LogP contribution in [0.4, 0.5) is 10.5 Å². The molecule has 3 aromatic carbocycles. The quantitative estimate of drug-likeness (QED) is 0.608. The van der Waals surface area contributed by atoms with Gasteiger partial charge in [0, 0.05) is 0 Å². The zero-order valence-corrected chi connectivity index (χ0v) is 17.7. The molecule has 5 rings (SSSR count). The highest BCUT2D eigenvalue weighted by atomic mass is 16.5. The van der Waals surface area contributed by atoms with Crippen molar-refractivity contribution in [3.8, 4) is 5.75 Å². The van der Waals surface area contributed by atoms with Crippen LogP contribution in [0.3, 0.4) is 0 Å². The molecule has 1 atom stereocenters. The Labute approximate surface area is 189 Å². The van der Waals surface area contributed by atoms with E-state index in [4.69, 9.17) is 9.84 Å². The maximum atomic E-state index is 13.6. The number of amides is 4. The Morgan fingerprint density at radius 1 is 0.818 bits per heavy atom. The predicted molar refractivity (Wildman–Crippen MR) is 122 cm³/mol. The van der Waals surface area contributed by atoms with Gasteiger partial charge in [0.15, 0.2) is 5.41 Å². The van der Waals surface area contributed by atoms with E-state index in [9.17, 15) is 14.4 Å². The van der Waals surface area contributed by atoms with Crippen molar-refractivity contribution in [2.75, 3.05) is 12.1 Å². The zero-order chi connectivity index (χ0) is 23.0. The lowest BCUT2D eigenvalue weighted by molar-refractivity contribution is -0.140. The molecule has 0 aromatic heterocycles. The third-order valence-electron chi connectivity index (χ3n) is 5.91. The van der Waals surface area contributed by atoms with E-state index in [0.717, 1.165) is 0 Å². The first-order valence-electron chi connectivity index (χ1n) is 10.4. The minimum Gasteiger partial charge on any atom is -0.497 e. The van der Waals surface area contributed by atoms with Gasteiger partial charge in [-0.15, -0.1) is 0 Å². The van der Waals surface area contributed by atoms with Gasteiger partial charge < -0.3 is 4.74 Å². The Bertz CT molecular complexity index is 1240. The van der Waals surface area contributed by atoms with E-state index in [-0.39, 0.29) is 5.71 Å². The predicted octanol–water partition coefficient (Wildman–Crippen LogP) is 3.01. The van der Waals surface area contributed by atoms with E-state index in [1.54, 1.807) is 48.5 Å². The van der Waals surface area contributed by atoms with Crippen molar-refractivity contribution in [2.45, 2.75) is 6.04 Å². The van der Waals surface area contributed by atoms with Gasteiger partial charge in [0.25, 0.3) is 11.8 Å². The number of ether oxygens (including phenoxy) is 1. The van der Waals surface area contributed by atoms with Gasteiger partial charge in [-0.05, 0) is 35.4 Å². The van der Waals surface area contributed by atoms with Crippen LogP contribution in [0.2, 0.25) is 0 Å². The smallest absolute Gasteiger partial charge is 0.328 e. The average molecular weight is 440 g/mol. The first-order chi connectivity index (χ1) is 16.1. The van der Waals surface area contributed by atoms with Gasteiger partial charge in [0.2, 0.25) is 0 Å². The van der Waals surface area contributed by atoms with Gasteiger partial charge in [-0.1, -0.05) is 60.7 Å². The first kappa shape index (κ1) is 20.4. The second-order valence-corrected chi connectivity index (χ2v) is 7.72. The number of para-hydroxylation sites is 1. The Balaban J connectivity index is 1.79. The lowest BCUT2D eigenvalue weighted by Crippen LogP contribution is -2.67. The Morgan fingerprint density at radius 3 is 1.97 bits per heavy atom. The maximum absolute atomic E-state index is 13.6. The molecule has 0 bridgehead atoms. The standard InChI is InChI=1S/C25H20N4O4/c1-33-19-14-12-17(13-15-19)21-25(22(30)26-24(32)27-23(25)31)20(16-8-4-2-5-9-16)28-29(21)18-10-6-3-7-11-18/h2-15,21H,1H3,(H2,26,27,30,31,32). The van der Waals surface area contributed by atoms with Crippen molar-refractivity contribution in [3.63, 3.8) is 0 Å². The number of rotatable bonds is 4. The van der Waals surface area contributed by atoms with Gasteiger partial charge in [0.1, 0.15) is 11.8 Å². The van der Waals surface area contributed by atoms with Crippen LogP contribution in [-0.4, -0.2) is 30.7 Å². The topological polar surface area (TPSA) is 100 Å². The number of nitrogens with one attached hydrogen (secondary N) is 2. The number of urea groups is 1. The molecule has 164 valence electrons. The van der Waals surface area contributed by atoms with E-state index >= 15 is 0 Å². The molecule has 0 saturated carbocycles. The number of barbiturate groups is 1. The summed E-state index contributed by atoms with van der Waals surface area (Å²) in [5.74, 6) is -0.815. The number of nitrogens with zero attached hydrogens (tertiary/aromatic N) is 2. The van der Waals surface area contributed by atoms with Gasteiger partial charge in [0.05, 0.1) is 18.5 Å². The van der Waals surface area contributed by atoms with E-state index in [2.05, 4.69) is 10.6 Å². The number of hydrogen-bond donors (Lipinski definition) is 2. The Kier molecular flexibility index (Phi) is 4.90. The number of anilines is 1. The third kappa shape index (κ3) is 3.15. The molecule has 4 amide bonds. The van der Waals surface area contributed by atoms with Crippen molar-refractivity contribution >= 4 is 29.2 Å². The molecule has 1 spiro atoms. The van der Waals surface area contributed by atoms with Gasteiger partial charge >= 0.3 is 6.03 Å².